The van der Waals surface area contributed by atoms with Gasteiger partial charge in [0.25, 0.3) is 0 Å². The summed E-state index contributed by atoms with van der Waals surface area (Å²) >= 11 is 1.74. The zero-order chi connectivity index (χ0) is 14.2. The van der Waals surface area contributed by atoms with Gasteiger partial charge in [0, 0.05) is 5.56 Å². The Balaban J connectivity index is 2.10. The molecule has 0 saturated heterocycles. The number of ether oxygens (including phenoxy) is 2. The first-order valence-electron chi connectivity index (χ1n) is 7.10. The van der Waals surface area contributed by atoms with Crippen molar-refractivity contribution in [3.8, 4) is 11.5 Å². The van der Waals surface area contributed by atoms with Gasteiger partial charge in [0.15, 0.2) is 11.5 Å². The summed E-state index contributed by atoms with van der Waals surface area (Å²) < 4.78 is 10.9. The smallest absolute Gasteiger partial charge is 0.161 e. The number of nitrogens with zero attached hydrogens (tertiary/aromatic N) is 1. The Morgan fingerprint density at radius 2 is 1.75 bits per heavy atom. The molecule has 1 aromatic carbocycles. The van der Waals surface area contributed by atoms with E-state index < -0.39 is 0 Å². The minimum absolute atomic E-state index is 0.144. The van der Waals surface area contributed by atoms with Gasteiger partial charge in [-0.1, -0.05) is 12.8 Å². The van der Waals surface area contributed by atoms with Crippen molar-refractivity contribution in [1.82, 2.24) is 0 Å². The number of aliphatic imine (C=N–C) groups is 1. The average Bonchev–Trinajstić information content (AvgIpc) is 2.92. The van der Waals surface area contributed by atoms with Crippen LogP contribution in [0.3, 0.4) is 0 Å². The predicted molar refractivity (Wildman–Crippen MR) is 84.5 cm³/mol. The second kappa shape index (κ2) is 5.32. The van der Waals surface area contributed by atoms with Crippen LogP contribution < -0.4 is 9.47 Å². The summed E-state index contributed by atoms with van der Waals surface area (Å²) in [6.07, 6.45) is 8.16. The summed E-state index contributed by atoms with van der Waals surface area (Å²) in [4.78, 5) is 5.09. The van der Waals surface area contributed by atoms with Gasteiger partial charge in [-0.2, -0.15) is 0 Å². The molecular weight excluding hydrogens is 270 g/mol. The highest BCUT2D eigenvalue weighted by Gasteiger charge is 2.38. The Bertz CT molecular complexity index is 548. The second-order valence-corrected chi connectivity index (χ2v) is 6.39. The highest BCUT2D eigenvalue weighted by atomic mass is 32.2. The fourth-order valence-electron chi connectivity index (χ4n) is 3.41. The molecule has 0 bridgehead atoms. The lowest BCUT2D eigenvalue weighted by Crippen LogP contribution is -2.31. The maximum atomic E-state index is 5.45. The zero-order valence-electron chi connectivity index (χ0n) is 12.4. The highest BCUT2D eigenvalue weighted by Crippen LogP contribution is 2.44. The normalized spacial score (nSPS) is 19.6. The quantitative estimate of drug-likeness (QED) is 0.833. The molecule has 2 aliphatic rings. The molecule has 1 heterocycles. The van der Waals surface area contributed by atoms with Crippen LogP contribution in [0.5, 0.6) is 11.5 Å². The minimum Gasteiger partial charge on any atom is -0.493 e. The molecule has 0 amide bonds. The maximum Gasteiger partial charge on any atom is 0.161 e. The van der Waals surface area contributed by atoms with Crippen LogP contribution in [0, 0.1) is 0 Å². The van der Waals surface area contributed by atoms with Gasteiger partial charge in [0.1, 0.15) is 0 Å². The second-order valence-electron chi connectivity index (χ2n) is 5.59. The molecule has 3 rings (SSSR count). The molecular formula is C16H21NO2S. The van der Waals surface area contributed by atoms with Crippen molar-refractivity contribution in [3.05, 3.63) is 23.3 Å². The first-order chi connectivity index (χ1) is 9.71. The Morgan fingerprint density at radius 3 is 2.35 bits per heavy atom. The summed E-state index contributed by atoms with van der Waals surface area (Å²) in [6.45, 7) is 0. The van der Waals surface area contributed by atoms with Gasteiger partial charge in [-0.25, -0.2) is 0 Å². The molecule has 1 spiro atoms. The summed E-state index contributed by atoms with van der Waals surface area (Å²) in [5.74, 6) is 1.61. The third-order valence-electron chi connectivity index (χ3n) is 4.43. The standard InChI is InChI=1S/C16H21NO2S/c1-18-13-8-11-10-16(6-4-5-7-16)17-15(20-3)12(11)9-14(13)19-2/h8-9H,4-7,10H2,1-3H3. The maximum absolute atomic E-state index is 5.45. The van der Waals surface area contributed by atoms with Gasteiger partial charge < -0.3 is 9.47 Å². The lowest BCUT2D eigenvalue weighted by molar-refractivity contribution is 0.353. The number of methoxy groups -OCH3 is 2. The van der Waals surface area contributed by atoms with Crippen molar-refractivity contribution in [2.75, 3.05) is 20.5 Å². The number of fused-ring (bicyclic) bond motifs is 1. The molecule has 0 aromatic heterocycles. The number of thioether (sulfide) groups is 1. The average molecular weight is 291 g/mol. The van der Waals surface area contributed by atoms with Crippen LogP contribution in [0.2, 0.25) is 0 Å². The van der Waals surface area contributed by atoms with E-state index in [1.54, 1.807) is 26.0 Å². The van der Waals surface area contributed by atoms with Crippen molar-refractivity contribution in [3.63, 3.8) is 0 Å². The number of benzene rings is 1. The fourth-order valence-corrected chi connectivity index (χ4v) is 4.11. The minimum atomic E-state index is 0.144. The highest BCUT2D eigenvalue weighted by molar-refractivity contribution is 8.13. The van der Waals surface area contributed by atoms with Crippen LogP contribution in [0.15, 0.2) is 17.1 Å². The molecule has 0 unspecified atom stereocenters. The summed E-state index contributed by atoms with van der Waals surface area (Å²) in [5, 5.41) is 1.15. The van der Waals surface area contributed by atoms with Crippen molar-refractivity contribution in [1.29, 1.82) is 0 Å². The molecule has 1 aliphatic heterocycles. The lowest BCUT2D eigenvalue weighted by atomic mass is 9.85. The summed E-state index contributed by atoms with van der Waals surface area (Å²) in [6, 6.07) is 4.21. The Labute approximate surface area is 124 Å². The Hall–Kier alpha value is -1.16. The number of hydrogen-bond donors (Lipinski definition) is 0. The number of rotatable bonds is 2. The first-order valence-corrected chi connectivity index (χ1v) is 8.33. The third kappa shape index (κ3) is 2.20. The van der Waals surface area contributed by atoms with Crippen LogP contribution in [-0.2, 0) is 6.42 Å². The Kier molecular flexibility index (Phi) is 3.67. The molecule has 1 aliphatic carbocycles. The van der Waals surface area contributed by atoms with E-state index >= 15 is 0 Å². The van der Waals surface area contributed by atoms with E-state index in [-0.39, 0.29) is 5.54 Å². The van der Waals surface area contributed by atoms with Crippen LogP contribution >= 0.6 is 11.8 Å². The van der Waals surface area contributed by atoms with Crippen LogP contribution in [-0.4, -0.2) is 31.1 Å². The van der Waals surface area contributed by atoms with E-state index in [1.807, 2.05) is 0 Å². The molecule has 108 valence electrons. The summed E-state index contributed by atoms with van der Waals surface area (Å²) in [7, 11) is 3.38. The van der Waals surface area contributed by atoms with E-state index in [9.17, 15) is 0 Å². The van der Waals surface area contributed by atoms with Gasteiger partial charge in [0.05, 0.1) is 24.8 Å². The predicted octanol–water partition coefficient (Wildman–Crippen LogP) is 3.68. The molecule has 1 aromatic rings. The summed E-state index contributed by atoms with van der Waals surface area (Å²) in [5.41, 5.74) is 2.71. The van der Waals surface area contributed by atoms with E-state index in [1.165, 1.54) is 36.8 Å². The van der Waals surface area contributed by atoms with Crippen molar-refractivity contribution >= 4 is 16.8 Å². The number of hydrogen-bond acceptors (Lipinski definition) is 4. The van der Waals surface area contributed by atoms with Crippen LogP contribution in [0.25, 0.3) is 0 Å². The SMILES string of the molecule is COc1cc2c(cc1OC)C(SC)=NC1(CCCC1)C2. The molecule has 1 fully saturated rings. The van der Waals surface area contributed by atoms with Gasteiger partial charge in [0.2, 0.25) is 0 Å². The van der Waals surface area contributed by atoms with Gasteiger partial charge >= 0.3 is 0 Å². The molecule has 4 heteroatoms. The fraction of sp³-hybridized carbons (Fsp3) is 0.562. The van der Waals surface area contributed by atoms with Gasteiger partial charge in [-0.15, -0.1) is 11.8 Å². The monoisotopic (exact) mass is 291 g/mol. The van der Waals surface area contributed by atoms with Crippen molar-refractivity contribution in [2.45, 2.75) is 37.6 Å². The van der Waals surface area contributed by atoms with Crippen LogP contribution in [0.1, 0.15) is 36.8 Å². The molecule has 0 atom stereocenters. The Morgan fingerprint density at radius 1 is 1.10 bits per heavy atom. The van der Waals surface area contributed by atoms with Crippen molar-refractivity contribution in [2.24, 2.45) is 4.99 Å². The molecule has 0 radical (unpaired) electrons. The molecule has 20 heavy (non-hydrogen) atoms. The van der Waals surface area contributed by atoms with E-state index in [4.69, 9.17) is 14.5 Å². The topological polar surface area (TPSA) is 30.8 Å². The van der Waals surface area contributed by atoms with E-state index in [0.29, 0.717) is 0 Å². The van der Waals surface area contributed by atoms with Gasteiger partial charge in [-0.05, 0) is 43.2 Å². The molecule has 0 N–H and O–H groups in total. The van der Waals surface area contributed by atoms with E-state index in [2.05, 4.69) is 18.4 Å². The largest absolute Gasteiger partial charge is 0.493 e. The van der Waals surface area contributed by atoms with Crippen LogP contribution in [0.4, 0.5) is 0 Å². The first kappa shape index (κ1) is 13.8. The molecule has 1 saturated carbocycles. The molecule has 3 nitrogen and oxygen atoms in total. The van der Waals surface area contributed by atoms with E-state index in [0.717, 1.165) is 23.0 Å². The van der Waals surface area contributed by atoms with Gasteiger partial charge in [-0.3, -0.25) is 4.99 Å². The zero-order valence-corrected chi connectivity index (χ0v) is 13.2. The third-order valence-corrected chi connectivity index (χ3v) is 5.12. The van der Waals surface area contributed by atoms with Crippen molar-refractivity contribution < 1.29 is 9.47 Å². The lowest BCUT2D eigenvalue weighted by Gasteiger charge is -2.32.